The summed E-state index contributed by atoms with van der Waals surface area (Å²) >= 11 is 0. The van der Waals surface area contributed by atoms with Crippen molar-refractivity contribution in [3.05, 3.63) is 47.9 Å². The highest BCUT2D eigenvalue weighted by Gasteiger charge is 2.09. The van der Waals surface area contributed by atoms with Crippen LogP contribution in [-0.2, 0) is 0 Å². The third kappa shape index (κ3) is 2.80. The highest BCUT2D eigenvalue weighted by molar-refractivity contribution is 6.06. The Balaban J connectivity index is 0.00000144. The van der Waals surface area contributed by atoms with Crippen molar-refractivity contribution in [3.8, 4) is 0 Å². The van der Waals surface area contributed by atoms with E-state index in [-0.39, 0.29) is 12.4 Å². The third-order valence-electron chi connectivity index (χ3n) is 1.39. The number of hydrogen-bond donors (Lipinski definition) is 2. The van der Waals surface area contributed by atoms with Gasteiger partial charge in [-0.3, -0.25) is 4.79 Å². The van der Waals surface area contributed by atoms with Crippen LogP contribution in [0.2, 0.25) is 0 Å². The van der Waals surface area contributed by atoms with Gasteiger partial charge in [-0.25, -0.2) is 0 Å². The molecule has 0 aliphatic heterocycles. The lowest BCUT2D eigenvalue weighted by atomic mass is 10.1. The monoisotopic (exact) mass is 200 g/mol. The number of ketones is 1. The Morgan fingerprint density at radius 2 is 1.77 bits per heavy atom. The molecule has 0 amide bonds. The van der Waals surface area contributed by atoms with Crippen LogP contribution in [0.25, 0.3) is 0 Å². The quantitative estimate of drug-likeness (QED) is 0.437. The van der Waals surface area contributed by atoms with E-state index in [1.54, 1.807) is 30.3 Å². The maximum Gasteiger partial charge on any atom is 0.230 e. The third-order valence-corrected chi connectivity index (χ3v) is 1.39. The molecule has 0 aromatic heterocycles. The second-order valence-electron chi connectivity index (χ2n) is 2.21. The van der Waals surface area contributed by atoms with Gasteiger partial charge in [0.05, 0.1) is 0 Å². The normalized spacial score (nSPS) is 10.3. The standard InChI is InChI=1S/C9H8O3.ClH/c10-6-8(11)9(12)7-4-2-1-3-5-7;/h1-6,10-11H;1H. The van der Waals surface area contributed by atoms with Gasteiger partial charge in [-0.15, -0.1) is 12.4 Å². The van der Waals surface area contributed by atoms with Gasteiger partial charge in [-0.1, -0.05) is 30.3 Å². The molecule has 0 saturated carbocycles. The molecule has 0 aliphatic rings. The number of Topliss-reactive ketones (excluding diaryl/α,β-unsaturated/α-hetero) is 1. The molecule has 3 nitrogen and oxygen atoms in total. The average molecular weight is 201 g/mol. The summed E-state index contributed by atoms with van der Waals surface area (Å²) in [4.78, 5) is 11.1. The zero-order valence-electron chi connectivity index (χ0n) is 6.68. The number of aliphatic hydroxyl groups is 2. The topological polar surface area (TPSA) is 57.5 Å². The minimum absolute atomic E-state index is 0. The SMILES string of the molecule is Cl.O=C(C(O)=CO)c1ccccc1. The van der Waals surface area contributed by atoms with Crippen molar-refractivity contribution in [1.29, 1.82) is 0 Å². The van der Waals surface area contributed by atoms with E-state index in [0.29, 0.717) is 11.8 Å². The predicted octanol–water partition coefficient (Wildman–Crippen LogP) is 2.25. The Morgan fingerprint density at radius 3 is 2.23 bits per heavy atom. The van der Waals surface area contributed by atoms with Gasteiger partial charge in [0.1, 0.15) is 6.26 Å². The summed E-state index contributed by atoms with van der Waals surface area (Å²) in [6.45, 7) is 0. The number of halogens is 1. The molecule has 0 aliphatic carbocycles. The Kier molecular flexibility index (Phi) is 4.62. The predicted molar refractivity (Wildman–Crippen MR) is 51.4 cm³/mol. The molecule has 0 unspecified atom stereocenters. The lowest BCUT2D eigenvalue weighted by Crippen LogP contribution is -2.01. The summed E-state index contributed by atoms with van der Waals surface area (Å²) < 4.78 is 0. The van der Waals surface area contributed by atoms with Gasteiger partial charge >= 0.3 is 0 Å². The van der Waals surface area contributed by atoms with Crippen LogP contribution >= 0.6 is 12.4 Å². The Bertz CT molecular complexity index is 306. The van der Waals surface area contributed by atoms with E-state index in [2.05, 4.69) is 0 Å². The molecule has 1 rings (SSSR count). The number of allylic oxidation sites excluding steroid dienone is 1. The first-order chi connectivity index (χ1) is 5.75. The van der Waals surface area contributed by atoms with Crippen molar-refractivity contribution in [2.75, 3.05) is 0 Å². The minimum atomic E-state index is -0.652. The zero-order valence-corrected chi connectivity index (χ0v) is 7.49. The molecule has 0 radical (unpaired) electrons. The highest BCUT2D eigenvalue weighted by atomic mass is 35.5. The van der Waals surface area contributed by atoms with Gasteiger partial charge in [0.2, 0.25) is 5.78 Å². The van der Waals surface area contributed by atoms with Crippen LogP contribution in [0.15, 0.2) is 42.4 Å². The average Bonchev–Trinajstić information content (AvgIpc) is 2.17. The molecule has 0 spiro atoms. The van der Waals surface area contributed by atoms with E-state index in [9.17, 15) is 4.79 Å². The number of carbonyl (C=O) groups excluding carboxylic acids is 1. The molecule has 4 heteroatoms. The van der Waals surface area contributed by atoms with E-state index in [1.165, 1.54) is 0 Å². The maximum absolute atomic E-state index is 11.1. The highest BCUT2D eigenvalue weighted by Crippen LogP contribution is 2.04. The lowest BCUT2D eigenvalue weighted by molar-refractivity contribution is 0.0971. The van der Waals surface area contributed by atoms with Gasteiger partial charge in [0.15, 0.2) is 5.76 Å². The summed E-state index contributed by atoms with van der Waals surface area (Å²) in [6, 6.07) is 8.23. The van der Waals surface area contributed by atoms with Crippen molar-refractivity contribution < 1.29 is 15.0 Å². The largest absolute Gasteiger partial charge is 0.512 e. The molecule has 2 N–H and O–H groups in total. The molecule has 0 heterocycles. The number of benzene rings is 1. The molecule has 0 saturated heterocycles. The first-order valence-electron chi connectivity index (χ1n) is 3.39. The van der Waals surface area contributed by atoms with Crippen LogP contribution in [0.3, 0.4) is 0 Å². The number of hydrogen-bond acceptors (Lipinski definition) is 3. The van der Waals surface area contributed by atoms with Crippen molar-refractivity contribution in [2.45, 2.75) is 0 Å². The van der Waals surface area contributed by atoms with E-state index in [1.807, 2.05) is 0 Å². The molecule has 1 aromatic rings. The Hall–Kier alpha value is -1.48. The summed E-state index contributed by atoms with van der Waals surface area (Å²) in [5.41, 5.74) is 0.348. The first kappa shape index (κ1) is 11.5. The Morgan fingerprint density at radius 1 is 1.23 bits per heavy atom. The van der Waals surface area contributed by atoms with Crippen molar-refractivity contribution in [2.24, 2.45) is 0 Å². The van der Waals surface area contributed by atoms with E-state index < -0.39 is 11.5 Å². The summed E-state index contributed by atoms with van der Waals surface area (Å²) in [7, 11) is 0. The van der Waals surface area contributed by atoms with Gasteiger partial charge in [-0.05, 0) is 0 Å². The van der Waals surface area contributed by atoms with Crippen LogP contribution in [0.4, 0.5) is 0 Å². The van der Waals surface area contributed by atoms with E-state index >= 15 is 0 Å². The molecule has 0 fully saturated rings. The number of aliphatic hydroxyl groups excluding tert-OH is 2. The molecule has 70 valence electrons. The fourth-order valence-corrected chi connectivity index (χ4v) is 0.796. The van der Waals surface area contributed by atoms with E-state index in [4.69, 9.17) is 10.2 Å². The van der Waals surface area contributed by atoms with Crippen molar-refractivity contribution >= 4 is 18.2 Å². The van der Waals surface area contributed by atoms with Crippen LogP contribution < -0.4 is 0 Å². The second-order valence-corrected chi connectivity index (χ2v) is 2.21. The van der Waals surface area contributed by atoms with Gasteiger partial charge in [0.25, 0.3) is 0 Å². The summed E-state index contributed by atoms with van der Waals surface area (Å²) in [6.07, 6.45) is 0.384. The molecular weight excluding hydrogens is 192 g/mol. The van der Waals surface area contributed by atoms with Crippen LogP contribution in [-0.4, -0.2) is 16.0 Å². The van der Waals surface area contributed by atoms with Gasteiger partial charge in [-0.2, -0.15) is 0 Å². The Labute approximate surface area is 81.7 Å². The number of rotatable bonds is 2. The van der Waals surface area contributed by atoms with Gasteiger partial charge < -0.3 is 10.2 Å². The molecule has 0 atom stereocenters. The van der Waals surface area contributed by atoms with Crippen LogP contribution in [0.1, 0.15) is 10.4 Å². The van der Waals surface area contributed by atoms with Crippen molar-refractivity contribution in [1.82, 2.24) is 0 Å². The molecule has 1 aromatic carbocycles. The summed E-state index contributed by atoms with van der Waals surface area (Å²) in [5, 5.41) is 17.2. The fourth-order valence-electron chi connectivity index (χ4n) is 0.796. The van der Waals surface area contributed by atoms with Gasteiger partial charge in [0, 0.05) is 5.56 Å². The molecule has 13 heavy (non-hydrogen) atoms. The van der Waals surface area contributed by atoms with E-state index in [0.717, 1.165) is 0 Å². The fraction of sp³-hybridized carbons (Fsp3) is 0. The maximum atomic E-state index is 11.1. The molecular formula is C9H9ClO3. The zero-order chi connectivity index (χ0) is 8.97. The smallest absolute Gasteiger partial charge is 0.230 e. The van der Waals surface area contributed by atoms with Crippen molar-refractivity contribution in [3.63, 3.8) is 0 Å². The summed E-state index contributed by atoms with van der Waals surface area (Å²) in [5.74, 6) is -1.24. The first-order valence-corrected chi connectivity index (χ1v) is 3.39. The second kappa shape index (κ2) is 5.22. The van der Waals surface area contributed by atoms with Crippen LogP contribution in [0.5, 0.6) is 0 Å². The lowest BCUT2D eigenvalue weighted by Gasteiger charge is -1.96. The number of carbonyl (C=O) groups is 1. The molecule has 0 bridgehead atoms. The van der Waals surface area contributed by atoms with Crippen LogP contribution in [0, 0.1) is 0 Å². The minimum Gasteiger partial charge on any atom is -0.512 e.